The van der Waals surface area contributed by atoms with Gasteiger partial charge in [0, 0.05) is 0 Å². The van der Waals surface area contributed by atoms with Crippen molar-refractivity contribution in [1.82, 2.24) is 5.32 Å². The van der Waals surface area contributed by atoms with Crippen molar-refractivity contribution in [3.63, 3.8) is 0 Å². The summed E-state index contributed by atoms with van der Waals surface area (Å²) in [7, 11) is 0. The van der Waals surface area contributed by atoms with Gasteiger partial charge in [-0.2, -0.15) is 0 Å². The molecule has 1 rings (SSSR count). The lowest BCUT2D eigenvalue weighted by molar-refractivity contribution is -0.117. The third kappa shape index (κ3) is 2.01. The Labute approximate surface area is 76.8 Å². The highest BCUT2D eigenvalue weighted by Gasteiger charge is 2.22. The summed E-state index contributed by atoms with van der Waals surface area (Å²) in [5.41, 5.74) is 6.37. The van der Waals surface area contributed by atoms with Gasteiger partial charge in [0.2, 0.25) is 0 Å². The van der Waals surface area contributed by atoms with E-state index in [1.165, 1.54) is 0 Å². The second kappa shape index (κ2) is 3.96. The maximum absolute atomic E-state index is 11.5. The lowest BCUT2D eigenvalue weighted by atomic mass is 9.99. The van der Waals surface area contributed by atoms with E-state index in [1.54, 1.807) is 11.8 Å². The lowest BCUT2D eigenvalue weighted by Gasteiger charge is -2.14. The molecule has 1 atom stereocenters. The van der Waals surface area contributed by atoms with E-state index in [2.05, 4.69) is 5.32 Å². The smallest absolute Gasteiger partial charge is 0.196 e. The van der Waals surface area contributed by atoms with Gasteiger partial charge in [-0.15, -0.1) is 11.8 Å². The molecule has 0 spiro atoms. The summed E-state index contributed by atoms with van der Waals surface area (Å²) in [5.74, 6) is 1.01. The van der Waals surface area contributed by atoms with E-state index in [-0.39, 0.29) is 17.7 Å². The highest BCUT2D eigenvalue weighted by Crippen LogP contribution is 2.15. The molecule has 4 heteroatoms. The van der Waals surface area contributed by atoms with Gasteiger partial charge in [-0.1, -0.05) is 13.8 Å². The van der Waals surface area contributed by atoms with Crippen LogP contribution in [-0.4, -0.2) is 17.7 Å². The third-order valence-electron chi connectivity index (χ3n) is 1.83. The molecule has 1 heterocycles. The minimum absolute atomic E-state index is 0.0231. The van der Waals surface area contributed by atoms with Crippen molar-refractivity contribution < 1.29 is 4.79 Å². The van der Waals surface area contributed by atoms with Crippen molar-refractivity contribution in [2.24, 2.45) is 11.7 Å². The first-order valence-corrected chi connectivity index (χ1v) is 5.03. The van der Waals surface area contributed by atoms with Crippen LogP contribution < -0.4 is 11.1 Å². The van der Waals surface area contributed by atoms with Gasteiger partial charge in [-0.3, -0.25) is 4.79 Å². The quantitative estimate of drug-likeness (QED) is 0.680. The number of thioether (sulfide) groups is 1. The molecule has 0 radical (unpaired) electrons. The molecular formula is C8H14N2OS. The zero-order valence-electron chi connectivity index (χ0n) is 7.33. The van der Waals surface area contributed by atoms with E-state index in [1.807, 2.05) is 19.3 Å². The maximum Gasteiger partial charge on any atom is 0.196 e. The standard InChI is InChI=1S/C8H14N2OS/c1-5(2)7(9)8(11)6-3-12-4-10-6/h3,5,7,10H,4,9H2,1-2H3/t7-/m0/s1. The molecule has 3 nitrogen and oxygen atoms in total. The van der Waals surface area contributed by atoms with Gasteiger partial charge in [0.1, 0.15) is 0 Å². The molecule has 1 aliphatic rings. The van der Waals surface area contributed by atoms with E-state index in [9.17, 15) is 4.79 Å². The van der Waals surface area contributed by atoms with Crippen LogP contribution in [0.3, 0.4) is 0 Å². The molecule has 0 bridgehead atoms. The summed E-state index contributed by atoms with van der Waals surface area (Å²) in [6.45, 7) is 3.90. The summed E-state index contributed by atoms with van der Waals surface area (Å²) in [6, 6.07) is -0.373. The Hall–Kier alpha value is -0.480. The first kappa shape index (κ1) is 9.61. The van der Waals surface area contributed by atoms with Gasteiger partial charge in [0.05, 0.1) is 17.6 Å². The van der Waals surface area contributed by atoms with Crippen LogP contribution in [0.4, 0.5) is 0 Å². The monoisotopic (exact) mass is 186 g/mol. The minimum Gasteiger partial charge on any atom is -0.372 e. The largest absolute Gasteiger partial charge is 0.372 e. The number of carbonyl (C=O) groups excluding carboxylic acids is 1. The van der Waals surface area contributed by atoms with Gasteiger partial charge in [0.15, 0.2) is 5.78 Å². The molecule has 12 heavy (non-hydrogen) atoms. The highest BCUT2D eigenvalue weighted by atomic mass is 32.2. The predicted molar refractivity (Wildman–Crippen MR) is 51.5 cm³/mol. The molecule has 0 saturated carbocycles. The molecule has 0 aromatic heterocycles. The fraction of sp³-hybridized carbons (Fsp3) is 0.625. The maximum atomic E-state index is 11.5. The second-order valence-electron chi connectivity index (χ2n) is 3.15. The van der Waals surface area contributed by atoms with Crippen LogP contribution in [-0.2, 0) is 4.79 Å². The number of rotatable bonds is 3. The fourth-order valence-corrected chi connectivity index (χ4v) is 1.60. The SMILES string of the molecule is CC(C)[C@H](N)C(=O)C1=CSCN1. The van der Waals surface area contributed by atoms with E-state index in [4.69, 9.17) is 5.73 Å². The van der Waals surface area contributed by atoms with Crippen LogP contribution in [0.15, 0.2) is 11.1 Å². The number of carbonyl (C=O) groups is 1. The normalized spacial score (nSPS) is 18.8. The van der Waals surface area contributed by atoms with E-state index >= 15 is 0 Å². The van der Waals surface area contributed by atoms with Crippen molar-refractivity contribution >= 4 is 17.5 Å². The zero-order chi connectivity index (χ0) is 9.14. The molecule has 1 aliphatic heterocycles. The molecule has 3 N–H and O–H groups in total. The van der Waals surface area contributed by atoms with Gasteiger partial charge in [-0.05, 0) is 11.3 Å². The van der Waals surface area contributed by atoms with Gasteiger partial charge < -0.3 is 11.1 Å². The van der Waals surface area contributed by atoms with E-state index < -0.39 is 0 Å². The van der Waals surface area contributed by atoms with Gasteiger partial charge in [0.25, 0.3) is 0 Å². The average molecular weight is 186 g/mol. The second-order valence-corrected chi connectivity index (χ2v) is 4.01. The summed E-state index contributed by atoms with van der Waals surface area (Å²) >= 11 is 1.59. The molecule has 0 aromatic carbocycles. The van der Waals surface area contributed by atoms with Crippen LogP contribution in [0, 0.1) is 5.92 Å². The van der Waals surface area contributed by atoms with Crippen LogP contribution in [0.1, 0.15) is 13.8 Å². The Morgan fingerprint density at radius 3 is 2.83 bits per heavy atom. The molecule has 0 aliphatic carbocycles. The summed E-state index contributed by atoms with van der Waals surface area (Å²) in [6.07, 6.45) is 0. The average Bonchev–Trinajstić information content (AvgIpc) is 2.53. The molecule has 0 aromatic rings. The Kier molecular flexibility index (Phi) is 3.17. The Morgan fingerprint density at radius 2 is 2.42 bits per heavy atom. The molecular weight excluding hydrogens is 172 g/mol. The molecule has 0 unspecified atom stereocenters. The first-order valence-electron chi connectivity index (χ1n) is 3.98. The lowest BCUT2D eigenvalue weighted by Crippen LogP contribution is -2.38. The first-order chi connectivity index (χ1) is 5.63. The molecule has 0 amide bonds. The number of hydrogen-bond acceptors (Lipinski definition) is 4. The van der Waals surface area contributed by atoms with Crippen molar-refractivity contribution in [1.29, 1.82) is 0 Å². The number of ketones is 1. The fourth-order valence-electron chi connectivity index (χ4n) is 0.914. The van der Waals surface area contributed by atoms with Crippen LogP contribution >= 0.6 is 11.8 Å². The van der Waals surface area contributed by atoms with Crippen molar-refractivity contribution in [2.75, 3.05) is 5.88 Å². The van der Waals surface area contributed by atoms with Crippen LogP contribution in [0.5, 0.6) is 0 Å². The Bertz CT molecular complexity index is 213. The summed E-state index contributed by atoms with van der Waals surface area (Å²) in [4.78, 5) is 11.5. The van der Waals surface area contributed by atoms with E-state index in [0.717, 1.165) is 5.88 Å². The van der Waals surface area contributed by atoms with Gasteiger partial charge >= 0.3 is 0 Å². The Morgan fingerprint density at radius 1 is 1.75 bits per heavy atom. The molecule has 0 saturated heterocycles. The Balaban J connectivity index is 2.57. The number of nitrogens with two attached hydrogens (primary N) is 1. The highest BCUT2D eigenvalue weighted by molar-refractivity contribution is 8.02. The van der Waals surface area contributed by atoms with Crippen LogP contribution in [0.25, 0.3) is 0 Å². The zero-order valence-corrected chi connectivity index (χ0v) is 8.15. The number of hydrogen-bond donors (Lipinski definition) is 2. The van der Waals surface area contributed by atoms with E-state index in [0.29, 0.717) is 5.70 Å². The molecule has 68 valence electrons. The summed E-state index contributed by atoms with van der Waals surface area (Å²) < 4.78 is 0. The van der Waals surface area contributed by atoms with Crippen molar-refractivity contribution in [3.05, 3.63) is 11.1 Å². The minimum atomic E-state index is -0.373. The van der Waals surface area contributed by atoms with Gasteiger partial charge in [-0.25, -0.2) is 0 Å². The molecule has 0 fully saturated rings. The van der Waals surface area contributed by atoms with Crippen molar-refractivity contribution in [3.8, 4) is 0 Å². The topological polar surface area (TPSA) is 55.1 Å². The van der Waals surface area contributed by atoms with Crippen molar-refractivity contribution in [2.45, 2.75) is 19.9 Å². The summed E-state index contributed by atoms with van der Waals surface area (Å²) in [5, 5.41) is 4.82. The number of Topliss-reactive ketones (excluding diaryl/α,β-unsaturated/α-hetero) is 1. The van der Waals surface area contributed by atoms with Crippen LogP contribution in [0.2, 0.25) is 0 Å². The predicted octanol–water partition coefficient (Wildman–Crippen LogP) is 0.674. The third-order valence-corrected chi connectivity index (χ3v) is 2.55. The number of nitrogens with one attached hydrogen (secondary N) is 1.